The van der Waals surface area contributed by atoms with Crippen LogP contribution in [0.4, 0.5) is 19.1 Å². The maximum absolute atomic E-state index is 14.2. The molecule has 2 aliphatic rings. The normalized spacial score (nSPS) is 22.5. The van der Waals surface area contributed by atoms with Gasteiger partial charge in [-0.15, -0.1) is 0 Å². The Labute approximate surface area is 159 Å². The van der Waals surface area contributed by atoms with Gasteiger partial charge in [0.05, 0.1) is 17.8 Å². The lowest BCUT2D eigenvalue weighted by atomic mass is 9.86. The minimum atomic E-state index is -2.95. The third kappa shape index (κ3) is 2.97. The van der Waals surface area contributed by atoms with Crippen LogP contribution in [-0.4, -0.2) is 45.7 Å². The molecule has 2 heterocycles. The van der Waals surface area contributed by atoms with Gasteiger partial charge >= 0.3 is 0 Å². The second kappa shape index (κ2) is 6.01. The number of carbonyl (C=O) groups is 2. The SMILES string of the molecule is O=C(CN1C[C@@]2(CC2(F)F)c2cc(Br)ccc2C1=O)Nc1ncc(F)cn1. The van der Waals surface area contributed by atoms with Gasteiger partial charge in [-0.25, -0.2) is 23.1 Å². The summed E-state index contributed by atoms with van der Waals surface area (Å²) in [5.74, 6) is -4.91. The number of aromatic nitrogens is 2. The summed E-state index contributed by atoms with van der Waals surface area (Å²) in [6.07, 6.45) is 1.38. The van der Waals surface area contributed by atoms with Crippen molar-refractivity contribution in [2.75, 3.05) is 18.4 Å². The fraction of sp³-hybridized carbons (Fsp3) is 0.294. The molecule has 1 spiro atoms. The number of hydrogen-bond acceptors (Lipinski definition) is 4. The average Bonchev–Trinajstić information content (AvgIpc) is 3.16. The molecule has 1 aliphatic carbocycles. The lowest BCUT2D eigenvalue weighted by molar-refractivity contribution is -0.117. The molecule has 27 heavy (non-hydrogen) atoms. The molecular weight excluding hydrogens is 429 g/mol. The van der Waals surface area contributed by atoms with E-state index in [2.05, 4.69) is 31.2 Å². The highest BCUT2D eigenvalue weighted by molar-refractivity contribution is 9.10. The number of nitrogens with one attached hydrogen (secondary N) is 1. The number of fused-ring (bicyclic) bond motifs is 2. The number of carbonyl (C=O) groups excluding carboxylic acids is 2. The fourth-order valence-electron chi connectivity index (χ4n) is 3.39. The van der Waals surface area contributed by atoms with Crippen molar-refractivity contribution in [1.82, 2.24) is 14.9 Å². The van der Waals surface area contributed by atoms with Gasteiger partial charge in [-0.2, -0.15) is 0 Å². The number of nitrogens with zero attached hydrogens (tertiary/aromatic N) is 3. The minimum absolute atomic E-state index is 0.137. The summed E-state index contributed by atoms with van der Waals surface area (Å²) in [4.78, 5) is 33.2. The Balaban J connectivity index is 1.57. The standard InChI is InChI=1S/C17H12BrF3N4O2/c18-9-1-2-11-12(3-9)16(7-17(16,20)21)8-25(14(11)27)6-13(26)24-15-22-4-10(19)5-23-15/h1-5H,6-8H2,(H,22,23,24,26)/t16-/m0/s1. The Morgan fingerprint density at radius 1 is 1.30 bits per heavy atom. The molecule has 10 heteroatoms. The van der Waals surface area contributed by atoms with Crippen LogP contribution in [0.15, 0.2) is 35.1 Å². The predicted octanol–water partition coefficient (Wildman–Crippen LogP) is 2.75. The van der Waals surface area contributed by atoms with E-state index in [0.29, 0.717) is 10.0 Å². The summed E-state index contributed by atoms with van der Waals surface area (Å²) in [6.45, 7) is -0.702. The quantitative estimate of drug-likeness (QED) is 0.795. The van der Waals surface area contributed by atoms with Crippen LogP contribution in [0.5, 0.6) is 0 Å². The summed E-state index contributed by atoms with van der Waals surface area (Å²) in [7, 11) is 0. The molecule has 1 aromatic carbocycles. The second-order valence-electron chi connectivity index (χ2n) is 6.59. The van der Waals surface area contributed by atoms with Crippen LogP contribution >= 0.6 is 15.9 Å². The van der Waals surface area contributed by atoms with Crippen LogP contribution in [0.3, 0.4) is 0 Å². The molecule has 1 fully saturated rings. The van der Waals surface area contributed by atoms with Gasteiger partial charge in [0.1, 0.15) is 6.54 Å². The van der Waals surface area contributed by atoms with E-state index < -0.39 is 35.5 Å². The molecule has 140 valence electrons. The van der Waals surface area contributed by atoms with Crippen molar-refractivity contribution in [2.24, 2.45) is 0 Å². The van der Waals surface area contributed by atoms with Gasteiger partial charge in [-0.05, 0) is 23.8 Å². The fourth-order valence-corrected chi connectivity index (χ4v) is 3.75. The summed E-state index contributed by atoms with van der Waals surface area (Å²) in [6, 6.07) is 4.61. The van der Waals surface area contributed by atoms with Crippen molar-refractivity contribution in [2.45, 2.75) is 17.8 Å². The first-order valence-corrected chi connectivity index (χ1v) is 8.76. The lowest BCUT2D eigenvalue weighted by Gasteiger charge is -2.34. The first-order valence-electron chi connectivity index (χ1n) is 7.96. The van der Waals surface area contributed by atoms with Crippen LogP contribution in [0.2, 0.25) is 0 Å². The zero-order chi connectivity index (χ0) is 19.4. The van der Waals surface area contributed by atoms with Crippen molar-refractivity contribution in [1.29, 1.82) is 0 Å². The molecule has 0 bridgehead atoms. The maximum Gasteiger partial charge on any atom is 0.260 e. The van der Waals surface area contributed by atoms with Crippen LogP contribution in [0.25, 0.3) is 0 Å². The lowest BCUT2D eigenvalue weighted by Crippen LogP contribution is -2.48. The predicted molar refractivity (Wildman–Crippen MR) is 91.9 cm³/mol. The van der Waals surface area contributed by atoms with Gasteiger partial charge in [-0.3, -0.25) is 14.9 Å². The van der Waals surface area contributed by atoms with Crippen molar-refractivity contribution < 1.29 is 22.8 Å². The Hall–Kier alpha value is -2.49. The molecule has 0 radical (unpaired) electrons. The van der Waals surface area contributed by atoms with Crippen molar-refractivity contribution in [3.05, 3.63) is 52.0 Å². The monoisotopic (exact) mass is 440 g/mol. The number of rotatable bonds is 3. The number of benzene rings is 1. The Morgan fingerprint density at radius 3 is 2.59 bits per heavy atom. The minimum Gasteiger partial charge on any atom is -0.328 e. The third-order valence-corrected chi connectivity index (χ3v) is 5.27. The molecule has 6 nitrogen and oxygen atoms in total. The molecule has 1 aromatic heterocycles. The molecule has 1 N–H and O–H groups in total. The number of hydrogen-bond donors (Lipinski definition) is 1. The van der Waals surface area contributed by atoms with Crippen LogP contribution in [0, 0.1) is 5.82 Å². The van der Waals surface area contributed by atoms with Gasteiger partial charge in [-0.1, -0.05) is 15.9 Å². The van der Waals surface area contributed by atoms with Gasteiger partial charge in [0, 0.05) is 23.0 Å². The smallest absolute Gasteiger partial charge is 0.260 e. The number of amides is 2. The van der Waals surface area contributed by atoms with E-state index in [-0.39, 0.29) is 24.5 Å². The summed E-state index contributed by atoms with van der Waals surface area (Å²) < 4.78 is 41.8. The zero-order valence-corrected chi connectivity index (χ0v) is 15.3. The van der Waals surface area contributed by atoms with Gasteiger partial charge in [0.15, 0.2) is 5.82 Å². The van der Waals surface area contributed by atoms with E-state index in [1.165, 1.54) is 12.1 Å². The van der Waals surface area contributed by atoms with Gasteiger partial charge in [0.25, 0.3) is 11.8 Å². The second-order valence-corrected chi connectivity index (χ2v) is 7.50. The highest BCUT2D eigenvalue weighted by Crippen LogP contribution is 2.64. The highest BCUT2D eigenvalue weighted by Gasteiger charge is 2.74. The molecule has 2 amide bonds. The Kier molecular flexibility index (Phi) is 3.99. The molecule has 4 rings (SSSR count). The third-order valence-electron chi connectivity index (χ3n) is 4.78. The molecule has 1 aliphatic heterocycles. The molecule has 1 saturated carbocycles. The van der Waals surface area contributed by atoms with E-state index in [1.54, 1.807) is 6.07 Å². The van der Waals surface area contributed by atoms with E-state index in [0.717, 1.165) is 17.3 Å². The molecule has 0 saturated heterocycles. The highest BCUT2D eigenvalue weighted by atomic mass is 79.9. The van der Waals surface area contributed by atoms with Crippen LogP contribution in [-0.2, 0) is 10.2 Å². The maximum atomic E-state index is 14.2. The summed E-state index contributed by atoms with van der Waals surface area (Å²) in [5.41, 5.74) is -1.02. The van der Waals surface area contributed by atoms with Gasteiger partial charge in [0.2, 0.25) is 11.9 Å². The zero-order valence-electron chi connectivity index (χ0n) is 13.7. The van der Waals surface area contributed by atoms with E-state index in [9.17, 15) is 22.8 Å². The first kappa shape index (κ1) is 17.9. The van der Waals surface area contributed by atoms with Gasteiger partial charge < -0.3 is 4.90 Å². The van der Waals surface area contributed by atoms with Crippen LogP contribution < -0.4 is 5.32 Å². The molecule has 1 atom stereocenters. The van der Waals surface area contributed by atoms with E-state index >= 15 is 0 Å². The molecule has 2 aromatic rings. The number of halogens is 4. The Bertz CT molecular complexity index is 954. The largest absolute Gasteiger partial charge is 0.328 e. The average molecular weight is 441 g/mol. The van der Waals surface area contributed by atoms with Crippen molar-refractivity contribution in [3.8, 4) is 0 Å². The van der Waals surface area contributed by atoms with Crippen LogP contribution in [0.1, 0.15) is 22.3 Å². The molecule has 0 unspecified atom stereocenters. The van der Waals surface area contributed by atoms with Crippen molar-refractivity contribution in [3.63, 3.8) is 0 Å². The number of alkyl halides is 2. The first-order chi connectivity index (χ1) is 12.7. The van der Waals surface area contributed by atoms with Crippen molar-refractivity contribution >= 4 is 33.7 Å². The molecular formula is C17H12BrF3N4O2. The van der Waals surface area contributed by atoms with E-state index in [4.69, 9.17) is 0 Å². The Morgan fingerprint density at radius 2 is 1.96 bits per heavy atom. The number of anilines is 1. The summed E-state index contributed by atoms with van der Waals surface area (Å²) in [5, 5.41) is 2.32. The van der Waals surface area contributed by atoms with E-state index in [1.807, 2.05) is 0 Å². The topological polar surface area (TPSA) is 75.2 Å². The summed E-state index contributed by atoms with van der Waals surface area (Å²) >= 11 is 3.25.